The average molecular weight is 352 g/mol. The molecule has 0 fully saturated rings. The van der Waals surface area contributed by atoms with E-state index in [4.69, 9.17) is 5.73 Å². The number of para-hydroxylation sites is 1. The number of aryl methyl sites for hydroxylation is 1. The maximum absolute atomic E-state index is 12.4. The number of halogens is 3. The highest BCUT2D eigenvalue weighted by Gasteiger charge is 2.31. The molecule has 25 heavy (non-hydrogen) atoms. The zero-order valence-electron chi connectivity index (χ0n) is 13.5. The largest absolute Gasteiger partial charge is 0.573 e. The van der Waals surface area contributed by atoms with Gasteiger partial charge in [0.15, 0.2) is 0 Å². The van der Waals surface area contributed by atoms with Gasteiger partial charge in [-0.3, -0.25) is 4.79 Å². The molecule has 4 nitrogen and oxygen atoms in total. The summed E-state index contributed by atoms with van der Waals surface area (Å²) < 4.78 is 41.1. The van der Waals surface area contributed by atoms with Crippen LogP contribution in [-0.2, 0) is 17.6 Å². The summed E-state index contributed by atoms with van der Waals surface area (Å²) in [7, 11) is 0. The van der Waals surface area contributed by atoms with Crippen LogP contribution in [-0.4, -0.2) is 18.8 Å². The van der Waals surface area contributed by atoms with Crippen LogP contribution in [0.3, 0.4) is 0 Å². The standard InChI is InChI=1S/C18H19F3N2O2/c19-18(20,21)25-16-4-2-1-3-14(16)7-10-17(24)23-12-11-13-5-8-15(22)9-6-13/h1-6,8-9H,7,10-12,22H2,(H,23,24). The van der Waals surface area contributed by atoms with Gasteiger partial charge >= 0.3 is 6.36 Å². The summed E-state index contributed by atoms with van der Waals surface area (Å²) >= 11 is 0. The highest BCUT2D eigenvalue weighted by molar-refractivity contribution is 5.76. The van der Waals surface area contributed by atoms with Crippen LogP contribution in [0.25, 0.3) is 0 Å². The van der Waals surface area contributed by atoms with E-state index in [1.807, 2.05) is 12.1 Å². The number of benzene rings is 2. The molecule has 0 unspecified atom stereocenters. The Morgan fingerprint density at radius 2 is 1.72 bits per heavy atom. The zero-order valence-corrected chi connectivity index (χ0v) is 13.5. The number of carbonyl (C=O) groups is 1. The second kappa shape index (κ2) is 8.41. The number of hydrogen-bond acceptors (Lipinski definition) is 3. The van der Waals surface area contributed by atoms with Crippen molar-refractivity contribution in [2.45, 2.75) is 25.6 Å². The number of nitrogens with two attached hydrogens (primary N) is 1. The SMILES string of the molecule is Nc1ccc(CCNC(=O)CCc2ccccc2OC(F)(F)F)cc1. The first kappa shape index (κ1) is 18.6. The predicted octanol–water partition coefficient (Wildman–Crippen LogP) is 3.46. The van der Waals surface area contributed by atoms with Crippen molar-refractivity contribution in [3.8, 4) is 5.75 Å². The topological polar surface area (TPSA) is 64.3 Å². The lowest BCUT2D eigenvalue weighted by atomic mass is 10.1. The minimum atomic E-state index is -4.75. The van der Waals surface area contributed by atoms with Gasteiger partial charge in [0.05, 0.1) is 0 Å². The third-order valence-corrected chi connectivity index (χ3v) is 3.54. The summed E-state index contributed by atoms with van der Waals surface area (Å²) in [5.74, 6) is -0.498. The van der Waals surface area contributed by atoms with Gasteiger partial charge < -0.3 is 15.8 Å². The van der Waals surface area contributed by atoms with Crippen LogP contribution in [0.5, 0.6) is 5.75 Å². The molecule has 0 aromatic heterocycles. The Morgan fingerprint density at radius 3 is 2.40 bits per heavy atom. The van der Waals surface area contributed by atoms with Gasteiger partial charge in [0.25, 0.3) is 0 Å². The van der Waals surface area contributed by atoms with Gasteiger partial charge in [-0.2, -0.15) is 0 Å². The minimum Gasteiger partial charge on any atom is -0.406 e. The molecule has 0 spiro atoms. The Labute approximate surface area is 143 Å². The summed E-state index contributed by atoms with van der Waals surface area (Å²) in [5.41, 5.74) is 7.65. The second-order valence-electron chi connectivity index (χ2n) is 5.50. The molecule has 0 aliphatic carbocycles. The lowest BCUT2D eigenvalue weighted by Crippen LogP contribution is -2.26. The number of rotatable bonds is 7. The second-order valence-corrected chi connectivity index (χ2v) is 5.50. The predicted molar refractivity (Wildman–Crippen MR) is 89.0 cm³/mol. The van der Waals surface area contributed by atoms with Crippen LogP contribution in [0.1, 0.15) is 17.5 Å². The molecule has 0 heterocycles. The molecular weight excluding hydrogens is 333 g/mol. The van der Waals surface area contributed by atoms with Crippen molar-refractivity contribution in [3.05, 3.63) is 59.7 Å². The van der Waals surface area contributed by atoms with Crippen molar-refractivity contribution >= 4 is 11.6 Å². The molecule has 2 rings (SSSR count). The number of hydrogen-bond donors (Lipinski definition) is 2. The van der Waals surface area contributed by atoms with Gasteiger partial charge in [-0.15, -0.1) is 13.2 Å². The maximum Gasteiger partial charge on any atom is 0.573 e. The number of carbonyl (C=O) groups excluding carboxylic acids is 1. The van der Waals surface area contributed by atoms with Gasteiger partial charge in [-0.05, 0) is 42.2 Å². The van der Waals surface area contributed by atoms with Crippen LogP contribution in [0.2, 0.25) is 0 Å². The first-order valence-electron chi connectivity index (χ1n) is 7.78. The Morgan fingerprint density at radius 1 is 1.04 bits per heavy atom. The number of ether oxygens (including phenoxy) is 1. The summed E-state index contributed by atoms with van der Waals surface area (Å²) in [5, 5.41) is 2.75. The first-order valence-corrected chi connectivity index (χ1v) is 7.78. The number of anilines is 1. The molecule has 3 N–H and O–H groups in total. The fraction of sp³-hybridized carbons (Fsp3) is 0.278. The molecule has 0 radical (unpaired) electrons. The molecule has 0 aliphatic heterocycles. The van der Waals surface area contributed by atoms with E-state index in [-0.39, 0.29) is 24.5 Å². The summed E-state index contributed by atoms with van der Waals surface area (Å²) in [6, 6.07) is 13.2. The van der Waals surface area contributed by atoms with E-state index in [0.717, 1.165) is 5.56 Å². The molecule has 0 saturated heterocycles. The number of amides is 1. The first-order chi connectivity index (χ1) is 11.8. The Balaban J connectivity index is 1.79. The van der Waals surface area contributed by atoms with Crippen molar-refractivity contribution in [3.63, 3.8) is 0 Å². The third-order valence-electron chi connectivity index (χ3n) is 3.54. The normalized spacial score (nSPS) is 11.2. The van der Waals surface area contributed by atoms with E-state index in [1.165, 1.54) is 18.2 Å². The summed E-state index contributed by atoms with van der Waals surface area (Å²) in [6.07, 6.45) is -3.85. The smallest absolute Gasteiger partial charge is 0.406 e. The lowest BCUT2D eigenvalue weighted by molar-refractivity contribution is -0.274. The van der Waals surface area contributed by atoms with Crippen LogP contribution in [0.15, 0.2) is 48.5 Å². The van der Waals surface area contributed by atoms with Crippen LogP contribution in [0, 0.1) is 0 Å². The fourth-order valence-electron chi connectivity index (χ4n) is 2.30. The monoisotopic (exact) mass is 352 g/mol. The number of nitrogen functional groups attached to an aromatic ring is 1. The van der Waals surface area contributed by atoms with E-state index in [9.17, 15) is 18.0 Å². The van der Waals surface area contributed by atoms with Gasteiger partial charge in [0.2, 0.25) is 5.91 Å². The minimum absolute atomic E-state index is 0.0833. The van der Waals surface area contributed by atoms with E-state index >= 15 is 0 Å². The third kappa shape index (κ3) is 6.74. The zero-order chi connectivity index (χ0) is 18.3. The highest BCUT2D eigenvalue weighted by Crippen LogP contribution is 2.26. The van der Waals surface area contributed by atoms with Crippen molar-refractivity contribution in [1.29, 1.82) is 0 Å². The molecule has 0 aliphatic rings. The van der Waals surface area contributed by atoms with E-state index < -0.39 is 6.36 Å². The van der Waals surface area contributed by atoms with Gasteiger partial charge in [-0.1, -0.05) is 30.3 Å². The van der Waals surface area contributed by atoms with Crippen LogP contribution >= 0.6 is 0 Å². The Bertz CT molecular complexity index is 700. The Kier molecular flexibility index (Phi) is 6.27. The Hall–Kier alpha value is -2.70. The van der Waals surface area contributed by atoms with Crippen molar-refractivity contribution in [2.75, 3.05) is 12.3 Å². The summed E-state index contributed by atoms with van der Waals surface area (Å²) in [4.78, 5) is 11.9. The highest BCUT2D eigenvalue weighted by atomic mass is 19.4. The molecule has 0 saturated carbocycles. The molecule has 2 aromatic rings. The molecule has 2 aromatic carbocycles. The van der Waals surface area contributed by atoms with Crippen molar-refractivity contribution < 1.29 is 22.7 Å². The maximum atomic E-state index is 12.4. The molecular formula is C18H19F3N2O2. The van der Waals surface area contributed by atoms with Gasteiger partial charge in [-0.25, -0.2) is 0 Å². The summed E-state index contributed by atoms with van der Waals surface area (Å²) in [6.45, 7) is 0.448. The van der Waals surface area contributed by atoms with E-state index in [0.29, 0.717) is 24.2 Å². The van der Waals surface area contributed by atoms with E-state index in [2.05, 4.69) is 10.1 Å². The van der Waals surface area contributed by atoms with Crippen molar-refractivity contribution in [2.24, 2.45) is 0 Å². The lowest BCUT2D eigenvalue weighted by Gasteiger charge is -2.13. The molecule has 1 amide bonds. The van der Waals surface area contributed by atoms with Gasteiger partial charge in [0.1, 0.15) is 5.75 Å². The molecule has 134 valence electrons. The number of alkyl halides is 3. The van der Waals surface area contributed by atoms with Crippen molar-refractivity contribution in [1.82, 2.24) is 5.32 Å². The average Bonchev–Trinajstić information content (AvgIpc) is 2.54. The number of nitrogens with one attached hydrogen (secondary N) is 1. The molecule has 0 atom stereocenters. The molecule has 7 heteroatoms. The van der Waals surface area contributed by atoms with E-state index in [1.54, 1.807) is 18.2 Å². The molecule has 0 bridgehead atoms. The van der Waals surface area contributed by atoms with Crippen LogP contribution in [0.4, 0.5) is 18.9 Å². The quantitative estimate of drug-likeness (QED) is 0.750. The fourth-order valence-corrected chi connectivity index (χ4v) is 2.30. The van der Waals surface area contributed by atoms with Crippen LogP contribution < -0.4 is 15.8 Å². The van der Waals surface area contributed by atoms with Gasteiger partial charge in [0, 0.05) is 18.7 Å².